The smallest absolute Gasteiger partial charge is 0.326 e. The third kappa shape index (κ3) is 2.65. The van der Waals surface area contributed by atoms with Gasteiger partial charge in [0.1, 0.15) is 22.5 Å². The third-order valence-electron chi connectivity index (χ3n) is 3.53. The number of aryl methyl sites for hydroxylation is 1. The average Bonchev–Trinajstić information content (AvgIpc) is 2.88. The Kier molecular flexibility index (Phi) is 4.12. The predicted molar refractivity (Wildman–Crippen MR) is 81.4 cm³/mol. The summed E-state index contributed by atoms with van der Waals surface area (Å²) >= 11 is 4.55. The number of aromatic nitrogens is 2. The summed E-state index contributed by atoms with van der Waals surface area (Å²) < 4.78 is 0.829. The molecule has 2 saturated heterocycles. The third-order valence-corrected chi connectivity index (χ3v) is 7.17. The number of hydrogen-bond acceptors (Lipinski definition) is 8. The Balaban J connectivity index is 1.69. The molecule has 0 saturated carbocycles. The van der Waals surface area contributed by atoms with Crippen molar-refractivity contribution in [1.82, 2.24) is 15.1 Å². The van der Waals surface area contributed by atoms with Crippen LogP contribution < -0.4 is 5.73 Å². The van der Waals surface area contributed by atoms with Crippen molar-refractivity contribution >= 4 is 46.7 Å². The number of amides is 1. The molecule has 1 aromatic heterocycles. The van der Waals surface area contributed by atoms with Gasteiger partial charge in [-0.05, 0) is 6.92 Å². The van der Waals surface area contributed by atoms with E-state index in [9.17, 15) is 14.7 Å². The fraction of sp³-hybridized carbons (Fsp3) is 0.636. The minimum Gasteiger partial charge on any atom is -0.480 e. The molecule has 3 rings (SSSR count). The largest absolute Gasteiger partial charge is 0.480 e. The molecule has 4 atom stereocenters. The normalized spacial score (nSPS) is 31.7. The lowest BCUT2D eigenvalue weighted by Crippen LogP contribution is -2.74. The van der Waals surface area contributed by atoms with Gasteiger partial charge < -0.3 is 15.7 Å². The maximum Gasteiger partial charge on any atom is 0.326 e. The van der Waals surface area contributed by atoms with E-state index in [2.05, 4.69) is 10.2 Å². The molecule has 7 nitrogen and oxygen atoms in total. The van der Waals surface area contributed by atoms with Crippen molar-refractivity contribution in [2.24, 2.45) is 11.7 Å². The number of carbonyl (C=O) groups is 2. The Hall–Kier alpha value is -0.840. The van der Waals surface area contributed by atoms with E-state index in [4.69, 9.17) is 5.73 Å². The van der Waals surface area contributed by atoms with Crippen LogP contribution in [-0.2, 0) is 9.59 Å². The number of carboxylic acid groups (broad SMARTS) is 1. The standard InChI is InChI=1S/C11H14N4O3S3/c1-4-13-14-11(21-4)20-3-5-2-19-9-6(12)8(16)15(9)7(5)10(17)18/h5-7,9H,2-3,12H2,1H3,(H,17,18)/t5?,6-,7?,9?/m1/s1. The van der Waals surface area contributed by atoms with Crippen molar-refractivity contribution in [3.05, 3.63) is 5.01 Å². The number of thioether (sulfide) groups is 2. The quantitative estimate of drug-likeness (QED) is 0.590. The number of β-lactam (4-membered cyclic amide) rings is 1. The van der Waals surface area contributed by atoms with Crippen LogP contribution in [0, 0.1) is 12.8 Å². The Bertz CT molecular complexity index is 581. The molecule has 1 amide bonds. The Morgan fingerprint density at radius 3 is 2.95 bits per heavy atom. The fourth-order valence-corrected chi connectivity index (χ4v) is 6.09. The van der Waals surface area contributed by atoms with Crippen molar-refractivity contribution in [2.45, 2.75) is 28.7 Å². The van der Waals surface area contributed by atoms with Gasteiger partial charge in [-0.2, -0.15) is 0 Å². The van der Waals surface area contributed by atoms with Crippen LogP contribution in [0.5, 0.6) is 0 Å². The number of rotatable bonds is 4. The Labute approximate surface area is 133 Å². The minimum absolute atomic E-state index is 0.116. The molecule has 0 aromatic carbocycles. The lowest BCUT2D eigenvalue weighted by molar-refractivity contribution is -0.162. The molecule has 1 aromatic rings. The van der Waals surface area contributed by atoms with Gasteiger partial charge in [0.2, 0.25) is 5.91 Å². The first kappa shape index (κ1) is 15.1. The highest BCUT2D eigenvalue weighted by molar-refractivity contribution is 8.01. The van der Waals surface area contributed by atoms with Crippen LogP contribution in [0.1, 0.15) is 5.01 Å². The number of aliphatic carboxylic acids is 1. The molecular weight excluding hydrogens is 332 g/mol. The molecule has 0 radical (unpaired) electrons. The molecule has 3 N–H and O–H groups in total. The molecule has 2 fully saturated rings. The second-order valence-corrected chi connectivity index (χ2v) is 8.53. The van der Waals surface area contributed by atoms with E-state index in [1.54, 1.807) is 11.8 Å². The zero-order valence-corrected chi connectivity index (χ0v) is 13.6. The van der Waals surface area contributed by atoms with Gasteiger partial charge >= 0.3 is 5.97 Å². The zero-order valence-electron chi connectivity index (χ0n) is 11.1. The van der Waals surface area contributed by atoms with Crippen molar-refractivity contribution in [3.63, 3.8) is 0 Å². The van der Waals surface area contributed by atoms with Crippen LogP contribution in [0.25, 0.3) is 0 Å². The van der Waals surface area contributed by atoms with E-state index >= 15 is 0 Å². The molecule has 0 spiro atoms. The SMILES string of the molecule is Cc1nnc(SCC2CSC3[C@H](N)C(=O)N3C2C(=O)O)s1. The molecular formula is C11H14N4O3S3. The van der Waals surface area contributed by atoms with E-state index in [-0.39, 0.29) is 17.2 Å². The summed E-state index contributed by atoms with van der Waals surface area (Å²) in [5, 5.41) is 18.1. The first-order valence-corrected chi connectivity index (χ1v) is 9.19. The topological polar surface area (TPSA) is 109 Å². The van der Waals surface area contributed by atoms with Gasteiger partial charge in [-0.1, -0.05) is 23.1 Å². The molecule has 3 heterocycles. The fourth-order valence-electron chi connectivity index (χ4n) is 2.51. The maximum atomic E-state index is 11.8. The summed E-state index contributed by atoms with van der Waals surface area (Å²) in [6, 6.07) is -1.35. The number of carbonyl (C=O) groups excluding carboxylic acids is 1. The molecule has 21 heavy (non-hydrogen) atoms. The molecule has 0 bridgehead atoms. The monoisotopic (exact) mass is 346 g/mol. The van der Waals surface area contributed by atoms with E-state index < -0.39 is 18.1 Å². The molecule has 0 aliphatic carbocycles. The summed E-state index contributed by atoms with van der Waals surface area (Å²) in [6.45, 7) is 1.88. The van der Waals surface area contributed by atoms with E-state index in [0.29, 0.717) is 11.5 Å². The zero-order chi connectivity index (χ0) is 15.1. The Morgan fingerprint density at radius 1 is 1.57 bits per heavy atom. The van der Waals surface area contributed by atoms with E-state index in [0.717, 1.165) is 9.35 Å². The highest BCUT2D eigenvalue weighted by Gasteiger charge is 2.55. The number of carboxylic acids is 1. The lowest BCUT2D eigenvalue weighted by atomic mass is 9.95. The summed E-state index contributed by atoms with van der Waals surface area (Å²) in [7, 11) is 0. The maximum absolute atomic E-state index is 11.8. The second-order valence-electron chi connectivity index (χ2n) is 4.94. The van der Waals surface area contributed by atoms with Gasteiger partial charge in [0.25, 0.3) is 0 Å². The summed E-state index contributed by atoms with van der Waals surface area (Å²) in [5.74, 6) is -0.0517. The van der Waals surface area contributed by atoms with Crippen LogP contribution in [0.4, 0.5) is 0 Å². The number of nitrogens with zero attached hydrogens (tertiary/aromatic N) is 3. The van der Waals surface area contributed by atoms with Crippen molar-refractivity contribution in [1.29, 1.82) is 0 Å². The van der Waals surface area contributed by atoms with Crippen molar-refractivity contribution < 1.29 is 14.7 Å². The van der Waals surface area contributed by atoms with Gasteiger partial charge in [-0.25, -0.2) is 4.79 Å². The molecule has 3 unspecified atom stereocenters. The first-order chi connectivity index (χ1) is 9.99. The van der Waals surface area contributed by atoms with Gasteiger partial charge in [0.05, 0.1) is 0 Å². The summed E-state index contributed by atoms with van der Waals surface area (Å²) in [5.41, 5.74) is 5.73. The van der Waals surface area contributed by atoms with Crippen LogP contribution in [0.2, 0.25) is 0 Å². The van der Waals surface area contributed by atoms with Crippen LogP contribution in [0.15, 0.2) is 4.34 Å². The number of fused-ring (bicyclic) bond motifs is 1. The summed E-state index contributed by atoms with van der Waals surface area (Å²) in [4.78, 5) is 24.8. The molecule has 2 aliphatic rings. The molecule has 10 heteroatoms. The lowest BCUT2D eigenvalue weighted by Gasteiger charge is -2.53. The van der Waals surface area contributed by atoms with Gasteiger partial charge in [-0.15, -0.1) is 22.0 Å². The average molecular weight is 346 g/mol. The molecule has 2 aliphatic heterocycles. The van der Waals surface area contributed by atoms with E-state index in [1.807, 2.05) is 6.92 Å². The van der Waals surface area contributed by atoms with Crippen molar-refractivity contribution in [2.75, 3.05) is 11.5 Å². The highest BCUT2D eigenvalue weighted by Crippen LogP contribution is 2.41. The molecule has 114 valence electrons. The van der Waals surface area contributed by atoms with Crippen LogP contribution in [0.3, 0.4) is 0 Å². The van der Waals surface area contributed by atoms with Gasteiger partial charge in [0, 0.05) is 17.4 Å². The van der Waals surface area contributed by atoms with E-state index in [1.165, 1.54) is 28.0 Å². The van der Waals surface area contributed by atoms with Crippen LogP contribution >= 0.6 is 34.9 Å². The number of hydrogen-bond donors (Lipinski definition) is 2. The Morgan fingerprint density at radius 2 is 2.33 bits per heavy atom. The van der Waals surface area contributed by atoms with Gasteiger partial charge in [0.15, 0.2) is 4.34 Å². The van der Waals surface area contributed by atoms with Crippen LogP contribution in [-0.4, -0.2) is 61.0 Å². The summed E-state index contributed by atoms with van der Waals surface area (Å²) in [6.07, 6.45) is 0. The minimum atomic E-state index is -0.959. The number of nitrogens with two attached hydrogens (primary N) is 1. The predicted octanol–water partition coefficient (Wildman–Crippen LogP) is 0.250. The van der Waals surface area contributed by atoms with Crippen molar-refractivity contribution in [3.8, 4) is 0 Å². The second kappa shape index (κ2) is 5.75. The first-order valence-electron chi connectivity index (χ1n) is 6.34. The van der Waals surface area contributed by atoms with Gasteiger partial charge in [-0.3, -0.25) is 4.79 Å². The highest BCUT2D eigenvalue weighted by atomic mass is 32.2.